The van der Waals surface area contributed by atoms with Crippen molar-refractivity contribution in [1.29, 1.82) is 0 Å². The molecule has 0 heterocycles. The van der Waals surface area contributed by atoms with E-state index in [2.05, 4.69) is 5.32 Å². The highest BCUT2D eigenvalue weighted by Crippen LogP contribution is 2.18. The number of rotatable bonds is 10. The lowest BCUT2D eigenvalue weighted by Gasteiger charge is -2.16. The molecule has 2 N–H and O–H groups in total. The van der Waals surface area contributed by atoms with Gasteiger partial charge in [-0.25, -0.2) is 4.79 Å². The first-order chi connectivity index (χ1) is 12.6. The van der Waals surface area contributed by atoms with Gasteiger partial charge in [-0.15, -0.1) is 0 Å². The number of amides is 1. The van der Waals surface area contributed by atoms with Crippen LogP contribution in [0.25, 0.3) is 0 Å². The molecule has 1 unspecified atom stereocenters. The smallest absolute Gasteiger partial charge is 0.326 e. The Labute approximate surface area is 152 Å². The van der Waals surface area contributed by atoms with Gasteiger partial charge < -0.3 is 19.9 Å². The number of benzene rings is 2. The van der Waals surface area contributed by atoms with Gasteiger partial charge in [-0.1, -0.05) is 42.5 Å². The molecule has 0 bridgehead atoms. The third kappa shape index (κ3) is 5.89. The van der Waals surface area contributed by atoms with Gasteiger partial charge in [0.25, 0.3) is 5.91 Å². The molecule has 0 aliphatic carbocycles. The second-order valence-corrected chi connectivity index (χ2v) is 5.60. The molecule has 2 aromatic carbocycles. The molecule has 2 rings (SSSR count). The van der Waals surface area contributed by atoms with Crippen LogP contribution in [-0.4, -0.2) is 42.8 Å². The first kappa shape index (κ1) is 19.5. The molecule has 0 radical (unpaired) electrons. The zero-order valence-electron chi connectivity index (χ0n) is 14.7. The molecular weight excluding hydrogens is 334 g/mol. The lowest BCUT2D eigenvalue weighted by Crippen LogP contribution is -2.42. The Bertz CT molecular complexity index is 717. The van der Waals surface area contributed by atoms with Crippen LogP contribution in [0.2, 0.25) is 0 Å². The molecule has 6 heteroatoms. The molecule has 6 nitrogen and oxygen atoms in total. The Balaban J connectivity index is 2.05. The second-order valence-electron chi connectivity index (χ2n) is 5.60. The summed E-state index contributed by atoms with van der Waals surface area (Å²) in [6.07, 6.45) is 0.204. The number of nitrogens with one attached hydrogen (secondary N) is 1. The van der Waals surface area contributed by atoms with Gasteiger partial charge in [0.2, 0.25) is 0 Å². The van der Waals surface area contributed by atoms with Crippen molar-refractivity contribution in [2.75, 3.05) is 19.8 Å². The molecule has 1 atom stereocenters. The van der Waals surface area contributed by atoms with Crippen molar-refractivity contribution in [2.45, 2.75) is 19.4 Å². The van der Waals surface area contributed by atoms with Crippen LogP contribution in [0.3, 0.4) is 0 Å². The maximum absolute atomic E-state index is 12.6. The zero-order chi connectivity index (χ0) is 18.8. The van der Waals surface area contributed by atoms with Crippen molar-refractivity contribution in [2.24, 2.45) is 0 Å². The quantitative estimate of drug-likeness (QED) is 0.638. The summed E-state index contributed by atoms with van der Waals surface area (Å²) in [6, 6.07) is 14.9. The Morgan fingerprint density at radius 1 is 1.04 bits per heavy atom. The van der Waals surface area contributed by atoms with Gasteiger partial charge in [0.15, 0.2) is 0 Å². The highest BCUT2D eigenvalue weighted by molar-refractivity contribution is 5.99. The summed E-state index contributed by atoms with van der Waals surface area (Å²) < 4.78 is 10.8. The van der Waals surface area contributed by atoms with Crippen LogP contribution in [0, 0.1) is 0 Å². The lowest BCUT2D eigenvalue weighted by molar-refractivity contribution is -0.139. The first-order valence-corrected chi connectivity index (χ1v) is 8.49. The predicted octanol–water partition coefficient (Wildman–Crippen LogP) is 2.53. The summed E-state index contributed by atoms with van der Waals surface area (Å²) in [4.78, 5) is 24.1. The molecule has 26 heavy (non-hydrogen) atoms. The number of carboxylic acid groups (broad SMARTS) is 1. The van der Waals surface area contributed by atoms with E-state index >= 15 is 0 Å². The van der Waals surface area contributed by atoms with E-state index in [1.807, 2.05) is 37.3 Å². The average molecular weight is 357 g/mol. The van der Waals surface area contributed by atoms with Gasteiger partial charge >= 0.3 is 5.97 Å². The van der Waals surface area contributed by atoms with Gasteiger partial charge in [-0.3, -0.25) is 4.79 Å². The molecular formula is C20H23NO5. The largest absolute Gasteiger partial charge is 0.490 e. The topological polar surface area (TPSA) is 84.9 Å². The van der Waals surface area contributed by atoms with Crippen LogP contribution >= 0.6 is 0 Å². The molecule has 0 fully saturated rings. The SMILES string of the molecule is CCOCCOc1ccccc1C(=O)NC(Cc1ccccc1)C(=O)O. The molecule has 0 aliphatic heterocycles. The minimum absolute atomic E-state index is 0.204. The summed E-state index contributed by atoms with van der Waals surface area (Å²) in [5.74, 6) is -1.18. The number of hydrogen-bond acceptors (Lipinski definition) is 4. The highest BCUT2D eigenvalue weighted by Gasteiger charge is 2.22. The predicted molar refractivity (Wildman–Crippen MR) is 97.5 cm³/mol. The van der Waals surface area contributed by atoms with Crippen LogP contribution in [0.1, 0.15) is 22.8 Å². The van der Waals surface area contributed by atoms with Gasteiger partial charge in [0, 0.05) is 13.0 Å². The summed E-state index contributed by atoms with van der Waals surface area (Å²) >= 11 is 0. The number of ether oxygens (including phenoxy) is 2. The van der Waals surface area contributed by atoms with Gasteiger partial charge in [-0.05, 0) is 24.6 Å². The van der Waals surface area contributed by atoms with E-state index in [1.54, 1.807) is 24.3 Å². The summed E-state index contributed by atoms with van der Waals surface area (Å²) in [5.41, 5.74) is 1.13. The maximum atomic E-state index is 12.6. The van der Waals surface area contributed by atoms with E-state index in [4.69, 9.17) is 9.47 Å². The lowest BCUT2D eigenvalue weighted by atomic mass is 10.1. The van der Waals surface area contributed by atoms with Gasteiger partial charge in [0.05, 0.1) is 12.2 Å². The number of carbonyl (C=O) groups is 2. The Morgan fingerprint density at radius 2 is 1.73 bits per heavy atom. The minimum Gasteiger partial charge on any atom is -0.490 e. The Kier molecular flexibility index (Phi) is 7.64. The van der Waals surface area contributed by atoms with E-state index in [-0.39, 0.29) is 6.42 Å². The number of carbonyl (C=O) groups excluding carboxylic acids is 1. The fourth-order valence-electron chi connectivity index (χ4n) is 2.42. The van der Waals surface area contributed by atoms with Crippen molar-refractivity contribution in [1.82, 2.24) is 5.32 Å². The number of carboxylic acids is 1. The third-order valence-corrected chi connectivity index (χ3v) is 3.71. The van der Waals surface area contributed by atoms with Crippen molar-refractivity contribution in [3.63, 3.8) is 0 Å². The molecule has 0 aromatic heterocycles. The monoisotopic (exact) mass is 357 g/mol. The van der Waals surface area contributed by atoms with Crippen molar-refractivity contribution in [3.8, 4) is 5.75 Å². The van der Waals surface area contributed by atoms with Gasteiger partial charge in [-0.2, -0.15) is 0 Å². The van der Waals surface area contributed by atoms with Crippen LogP contribution in [0.5, 0.6) is 5.75 Å². The second kappa shape index (κ2) is 10.2. The van der Waals surface area contributed by atoms with Crippen LogP contribution in [-0.2, 0) is 16.0 Å². The average Bonchev–Trinajstić information content (AvgIpc) is 2.65. The van der Waals surface area contributed by atoms with Crippen molar-refractivity contribution < 1.29 is 24.2 Å². The van der Waals surface area contributed by atoms with Crippen LogP contribution < -0.4 is 10.1 Å². The van der Waals surface area contributed by atoms with E-state index in [1.165, 1.54) is 0 Å². The molecule has 0 aliphatic rings. The fourth-order valence-corrected chi connectivity index (χ4v) is 2.42. The van der Waals surface area contributed by atoms with Gasteiger partial charge in [0.1, 0.15) is 18.4 Å². The summed E-state index contributed by atoms with van der Waals surface area (Å²) in [7, 11) is 0. The van der Waals surface area contributed by atoms with E-state index < -0.39 is 17.9 Å². The number of hydrogen-bond donors (Lipinski definition) is 2. The minimum atomic E-state index is -1.09. The van der Waals surface area contributed by atoms with E-state index in [0.29, 0.717) is 31.1 Å². The fraction of sp³-hybridized carbons (Fsp3) is 0.300. The normalized spacial score (nSPS) is 11.6. The van der Waals surface area contributed by atoms with E-state index in [0.717, 1.165) is 5.56 Å². The molecule has 0 spiro atoms. The molecule has 2 aromatic rings. The highest BCUT2D eigenvalue weighted by atomic mass is 16.5. The maximum Gasteiger partial charge on any atom is 0.326 e. The first-order valence-electron chi connectivity index (χ1n) is 8.49. The zero-order valence-corrected chi connectivity index (χ0v) is 14.7. The van der Waals surface area contributed by atoms with Crippen molar-refractivity contribution >= 4 is 11.9 Å². The van der Waals surface area contributed by atoms with Crippen LogP contribution in [0.4, 0.5) is 0 Å². The Hall–Kier alpha value is -2.86. The summed E-state index contributed by atoms with van der Waals surface area (Å²) in [5, 5.41) is 12.0. The molecule has 1 amide bonds. The molecule has 138 valence electrons. The number of aliphatic carboxylic acids is 1. The standard InChI is InChI=1S/C20H23NO5/c1-2-25-12-13-26-18-11-7-6-10-16(18)19(22)21-17(20(23)24)14-15-8-4-3-5-9-15/h3-11,17H,2,12-14H2,1H3,(H,21,22)(H,23,24). The van der Waals surface area contributed by atoms with Crippen LogP contribution in [0.15, 0.2) is 54.6 Å². The molecule has 0 saturated heterocycles. The van der Waals surface area contributed by atoms with Crippen molar-refractivity contribution in [3.05, 3.63) is 65.7 Å². The Morgan fingerprint density at radius 3 is 2.42 bits per heavy atom. The number of para-hydroxylation sites is 1. The summed E-state index contributed by atoms with van der Waals surface area (Å²) in [6.45, 7) is 3.20. The molecule has 0 saturated carbocycles. The van der Waals surface area contributed by atoms with E-state index in [9.17, 15) is 14.7 Å². The third-order valence-electron chi connectivity index (χ3n) is 3.71.